The molecule has 1 aliphatic heterocycles. The van der Waals surface area contributed by atoms with Gasteiger partial charge in [0.25, 0.3) is 0 Å². The fraction of sp³-hybridized carbons (Fsp3) is 1.00. The summed E-state index contributed by atoms with van der Waals surface area (Å²) in [7, 11) is 0. The van der Waals surface area contributed by atoms with Gasteiger partial charge in [0.05, 0.1) is 0 Å². The molecule has 4 atom stereocenters. The monoisotopic (exact) mass is 196 g/mol. The molecule has 1 heterocycles. The second kappa shape index (κ2) is 4.19. The minimum atomic E-state index is 0.423. The summed E-state index contributed by atoms with van der Waals surface area (Å²) in [5.41, 5.74) is 6.09. The maximum Gasteiger partial charge on any atom is 0.0170 e. The Balaban J connectivity index is 1.95. The first-order valence-electron chi connectivity index (χ1n) is 6.16. The summed E-state index contributed by atoms with van der Waals surface area (Å²) < 4.78 is 0. The molecule has 0 aromatic heterocycles. The normalized spacial score (nSPS) is 45.6. The molecule has 0 aromatic rings. The molecule has 0 spiro atoms. The largest absolute Gasteiger partial charge is 0.327 e. The van der Waals surface area contributed by atoms with Crippen molar-refractivity contribution in [1.29, 1.82) is 0 Å². The minimum Gasteiger partial charge on any atom is -0.327 e. The van der Waals surface area contributed by atoms with Crippen LogP contribution >= 0.6 is 0 Å². The standard InChI is InChI=1S/C12H24N2/c1-9-6-11(13)8-14(7-9)12-5-3-4-10(12)2/h9-12H,3-8,13H2,1-2H3. The summed E-state index contributed by atoms with van der Waals surface area (Å²) in [5, 5.41) is 0. The van der Waals surface area contributed by atoms with Crippen LogP contribution in [-0.2, 0) is 0 Å². The molecule has 2 heteroatoms. The molecular weight excluding hydrogens is 172 g/mol. The number of likely N-dealkylation sites (tertiary alicyclic amines) is 1. The zero-order valence-electron chi connectivity index (χ0n) is 9.58. The maximum absolute atomic E-state index is 6.09. The second-order valence-electron chi connectivity index (χ2n) is 5.53. The first kappa shape index (κ1) is 10.4. The van der Waals surface area contributed by atoms with Gasteiger partial charge in [-0.15, -0.1) is 0 Å². The Morgan fingerprint density at radius 2 is 1.93 bits per heavy atom. The molecule has 4 unspecified atom stereocenters. The van der Waals surface area contributed by atoms with Gasteiger partial charge >= 0.3 is 0 Å². The molecule has 0 bridgehead atoms. The van der Waals surface area contributed by atoms with E-state index in [0.29, 0.717) is 6.04 Å². The zero-order valence-corrected chi connectivity index (χ0v) is 9.58. The van der Waals surface area contributed by atoms with Gasteiger partial charge in [-0.1, -0.05) is 20.3 Å². The van der Waals surface area contributed by atoms with Crippen LogP contribution in [0.25, 0.3) is 0 Å². The highest BCUT2D eigenvalue weighted by molar-refractivity contribution is 4.88. The van der Waals surface area contributed by atoms with Crippen molar-refractivity contribution >= 4 is 0 Å². The van der Waals surface area contributed by atoms with Gasteiger partial charge in [0, 0.05) is 25.2 Å². The fourth-order valence-corrected chi connectivity index (χ4v) is 3.38. The Morgan fingerprint density at radius 1 is 1.14 bits per heavy atom. The lowest BCUT2D eigenvalue weighted by atomic mass is 9.93. The second-order valence-corrected chi connectivity index (χ2v) is 5.53. The SMILES string of the molecule is CC1CC(N)CN(C2CCCC2C)C1. The van der Waals surface area contributed by atoms with E-state index >= 15 is 0 Å². The van der Waals surface area contributed by atoms with Gasteiger partial charge in [0.1, 0.15) is 0 Å². The van der Waals surface area contributed by atoms with Crippen LogP contribution in [0, 0.1) is 11.8 Å². The van der Waals surface area contributed by atoms with Gasteiger partial charge in [0.2, 0.25) is 0 Å². The molecule has 0 radical (unpaired) electrons. The first-order valence-corrected chi connectivity index (χ1v) is 6.16. The van der Waals surface area contributed by atoms with Crippen molar-refractivity contribution in [1.82, 2.24) is 4.90 Å². The molecule has 0 aromatic carbocycles. The molecule has 14 heavy (non-hydrogen) atoms. The molecule has 2 rings (SSSR count). The summed E-state index contributed by atoms with van der Waals surface area (Å²) >= 11 is 0. The van der Waals surface area contributed by atoms with Crippen LogP contribution in [0.15, 0.2) is 0 Å². The van der Waals surface area contributed by atoms with Gasteiger partial charge in [-0.05, 0) is 31.1 Å². The number of nitrogens with zero attached hydrogens (tertiary/aromatic N) is 1. The van der Waals surface area contributed by atoms with Gasteiger partial charge in [-0.2, -0.15) is 0 Å². The van der Waals surface area contributed by atoms with Crippen LogP contribution in [0.4, 0.5) is 0 Å². The third kappa shape index (κ3) is 2.12. The Kier molecular flexibility index (Phi) is 3.13. The summed E-state index contributed by atoms with van der Waals surface area (Å²) in [6, 6.07) is 1.26. The Labute approximate surface area is 87.8 Å². The molecule has 2 aliphatic rings. The van der Waals surface area contributed by atoms with Crippen LogP contribution in [0.5, 0.6) is 0 Å². The van der Waals surface area contributed by atoms with E-state index in [0.717, 1.165) is 24.4 Å². The highest BCUT2D eigenvalue weighted by atomic mass is 15.2. The number of hydrogen-bond acceptors (Lipinski definition) is 2. The number of piperidine rings is 1. The van der Waals surface area contributed by atoms with E-state index in [1.165, 1.54) is 32.2 Å². The topological polar surface area (TPSA) is 29.3 Å². The average Bonchev–Trinajstić information content (AvgIpc) is 2.49. The van der Waals surface area contributed by atoms with Crippen molar-refractivity contribution in [3.63, 3.8) is 0 Å². The van der Waals surface area contributed by atoms with Gasteiger partial charge < -0.3 is 5.73 Å². The van der Waals surface area contributed by atoms with Crippen molar-refractivity contribution < 1.29 is 0 Å². The molecule has 1 saturated carbocycles. The highest BCUT2D eigenvalue weighted by Gasteiger charge is 2.33. The third-order valence-electron chi connectivity index (χ3n) is 4.01. The molecule has 82 valence electrons. The maximum atomic E-state index is 6.09. The summed E-state index contributed by atoms with van der Waals surface area (Å²) in [6.45, 7) is 7.16. The van der Waals surface area contributed by atoms with E-state index in [-0.39, 0.29) is 0 Å². The molecular formula is C12H24N2. The van der Waals surface area contributed by atoms with E-state index in [9.17, 15) is 0 Å². The van der Waals surface area contributed by atoms with Gasteiger partial charge in [-0.25, -0.2) is 0 Å². The summed E-state index contributed by atoms with van der Waals surface area (Å²) in [6.07, 6.45) is 5.47. The van der Waals surface area contributed by atoms with Crippen LogP contribution in [0.3, 0.4) is 0 Å². The molecule has 1 saturated heterocycles. The zero-order chi connectivity index (χ0) is 10.1. The predicted molar refractivity (Wildman–Crippen MR) is 60.1 cm³/mol. The van der Waals surface area contributed by atoms with Crippen molar-refractivity contribution in [2.45, 2.75) is 51.6 Å². The molecule has 2 nitrogen and oxygen atoms in total. The number of nitrogens with two attached hydrogens (primary N) is 1. The Hall–Kier alpha value is -0.0800. The van der Waals surface area contributed by atoms with E-state index in [1.807, 2.05) is 0 Å². The first-order chi connectivity index (χ1) is 6.66. The van der Waals surface area contributed by atoms with Crippen LogP contribution in [-0.4, -0.2) is 30.1 Å². The molecule has 2 N–H and O–H groups in total. The van der Waals surface area contributed by atoms with Crippen molar-refractivity contribution in [2.75, 3.05) is 13.1 Å². The quantitative estimate of drug-likeness (QED) is 0.693. The lowest BCUT2D eigenvalue weighted by molar-refractivity contribution is 0.0976. The molecule has 2 fully saturated rings. The van der Waals surface area contributed by atoms with Crippen molar-refractivity contribution in [3.8, 4) is 0 Å². The number of hydrogen-bond donors (Lipinski definition) is 1. The lowest BCUT2D eigenvalue weighted by Gasteiger charge is -2.40. The van der Waals surface area contributed by atoms with Crippen LogP contribution < -0.4 is 5.73 Å². The van der Waals surface area contributed by atoms with E-state index in [2.05, 4.69) is 18.7 Å². The summed E-state index contributed by atoms with van der Waals surface area (Å²) in [5.74, 6) is 1.69. The van der Waals surface area contributed by atoms with E-state index in [4.69, 9.17) is 5.73 Å². The predicted octanol–water partition coefficient (Wildman–Crippen LogP) is 1.84. The smallest absolute Gasteiger partial charge is 0.0170 e. The van der Waals surface area contributed by atoms with Gasteiger partial charge in [-0.3, -0.25) is 4.90 Å². The minimum absolute atomic E-state index is 0.423. The fourth-order valence-electron chi connectivity index (χ4n) is 3.38. The van der Waals surface area contributed by atoms with Gasteiger partial charge in [0.15, 0.2) is 0 Å². The van der Waals surface area contributed by atoms with Crippen molar-refractivity contribution in [2.24, 2.45) is 17.6 Å². The Morgan fingerprint density at radius 3 is 2.50 bits per heavy atom. The summed E-state index contributed by atoms with van der Waals surface area (Å²) in [4.78, 5) is 2.66. The van der Waals surface area contributed by atoms with E-state index < -0.39 is 0 Å². The lowest BCUT2D eigenvalue weighted by Crippen LogP contribution is -2.51. The Bertz CT molecular complexity index is 183. The molecule has 0 amide bonds. The van der Waals surface area contributed by atoms with E-state index in [1.54, 1.807) is 0 Å². The van der Waals surface area contributed by atoms with Crippen molar-refractivity contribution in [3.05, 3.63) is 0 Å². The number of rotatable bonds is 1. The molecule has 1 aliphatic carbocycles. The average molecular weight is 196 g/mol. The van der Waals surface area contributed by atoms with Crippen LogP contribution in [0.1, 0.15) is 39.5 Å². The third-order valence-corrected chi connectivity index (χ3v) is 4.01. The van der Waals surface area contributed by atoms with Crippen LogP contribution in [0.2, 0.25) is 0 Å². The highest BCUT2D eigenvalue weighted by Crippen LogP contribution is 2.31.